The molecule has 0 saturated carbocycles. The highest BCUT2D eigenvalue weighted by Crippen LogP contribution is 2.39. The largest absolute Gasteiger partial charge is 0.392 e. The van der Waals surface area contributed by atoms with Crippen molar-refractivity contribution >= 4 is 11.6 Å². The standard InChI is InChI=1S/C36H34F5N3O4/c37-30-29(31(38)33(40)34(41)32(30)39)35(46)42-26-8-4-7-25(17-26)36-47-27(18-28(48-36)24-11-9-23(21-45)10-12-24)20-44-15-13-43(14-16-44)19-22-5-2-1-3-6-22/h1-12,17,27-28,36,45H,13-16,18-21H2,(H,42,46). The van der Waals surface area contributed by atoms with E-state index in [4.69, 9.17) is 9.47 Å². The van der Waals surface area contributed by atoms with Crippen molar-refractivity contribution < 1.29 is 41.3 Å². The van der Waals surface area contributed by atoms with Gasteiger partial charge in [-0.3, -0.25) is 14.6 Å². The molecule has 0 spiro atoms. The average Bonchev–Trinajstić information content (AvgIpc) is 3.11. The van der Waals surface area contributed by atoms with Crippen molar-refractivity contribution in [1.29, 1.82) is 0 Å². The number of hydrogen-bond donors (Lipinski definition) is 2. The molecule has 2 fully saturated rings. The summed E-state index contributed by atoms with van der Waals surface area (Å²) in [7, 11) is 0. The number of nitrogens with one attached hydrogen (secondary N) is 1. The smallest absolute Gasteiger partial charge is 0.261 e. The minimum Gasteiger partial charge on any atom is -0.392 e. The highest BCUT2D eigenvalue weighted by atomic mass is 19.2. The molecule has 2 saturated heterocycles. The van der Waals surface area contributed by atoms with E-state index >= 15 is 0 Å². The Morgan fingerprint density at radius 1 is 0.729 bits per heavy atom. The molecule has 3 atom stereocenters. The molecule has 2 N–H and O–H groups in total. The van der Waals surface area contributed by atoms with E-state index in [0.717, 1.165) is 43.9 Å². The van der Waals surface area contributed by atoms with E-state index in [1.54, 1.807) is 12.1 Å². The maximum absolute atomic E-state index is 14.3. The third-order valence-electron chi connectivity index (χ3n) is 8.64. The second kappa shape index (κ2) is 14.9. The quantitative estimate of drug-likeness (QED) is 0.121. The number of benzene rings is 4. The lowest BCUT2D eigenvalue weighted by molar-refractivity contribution is -0.253. The van der Waals surface area contributed by atoms with Gasteiger partial charge in [-0.15, -0.1) is 0 Å². The molecule has 7 nitrogen and oxygen atoms in total. The Hall–Kier alpha value is -4.20. The van der Waals surface area contributed by atoms with Crippen LogP contribution in [0.4, 0.5) is 27.6 Å². The molecule has 2 aliphatic heterocycles. The number of nitrogens with zero attached hydrogens (tertiary/aromatic N) is 2. The Morgan fingerprint density at radius 3 is 2.04 bits per heavy atom. The molecule has 12 heteroatoms. The number of hydrogen-bond acceptors (Lipinski definition) is 6. The molecule has 252 valence electrons. The number of aliphatic hydroxyl groups excluding tert-OH is 1. The lowest BCUT2D eigenvalue weighted by Crippen LogP contribution is -2.49. The molecule has 6 rings (SSSR count). The van der Waals surface area contributed by atoms with Gasteiger partial charge in [0.05, 0.1) is 18.8 Å². The number of halogens is 5. The van der Waals surface area contributed by atoms with Crippen LogP contribution in [0.15, 0.2) is 78.9 Å². The summed E-state index contributed by atoms with van der Waals surface area (Å²) in [5, 5.41) is 11.7. The zero-order chi connectivity index (χ0) is 33.8. The van der Waals surface area contributed by atoms with Gasteiger partial charge in [0, 0.05) is 56.9 Å². The third kappa shape index (κ3) is 7.58. The molecule has 48 heavy (non-hydrogen) atoms. The fourth-order valence-electron chi connectivity index (χ4n) is 6.05. The molecular weight excluding hydrogens is 633 g/mol. The minimum atomic E-state index is -2.35. The molecular formula is C36H34F5N3O4. The van der Waals surface area contributed by atoms with Gasteiger partial charge in [0.1, 0.15) is 5.56 Å². The zero-order valence-electron chi connectivity index (χ0n) is 25.9. The van der Waals surface area contributed by atoms with Crippen LogP contribution in [0.3, 0.4) is 0 Å². The first-order valence-electron chi connectivity index (χ1n) is 15.6. The predicted molar refractivity (Wildman–Crippen MR) is 167 cm³/mol. The van der Waals surface area contributed by atoms with E-state index in [2.05, 4.69) is 27.2 Å². The average molecular weight is 668 g/mol. The Labute approximate surface area is 274 Å². The van der Waals surface area contributed by atoms with Crippen molar-refractivity contribution in [3.63, 3.8) is 0 Å². The SMILES string of the molecule is O=C(Nc1cccc(C2OC(CN3CCN(Cc4ccccc4)CC3)CC(c3ccc(CO)cc3)O2)c1)c1c(F)c(F)c(F)c(F)c1F. The monoisotopic (exact) mass is 667 g/mol. The van der Waals surface area contributed by atoms with Gasteiger partial charge in [0.2, 0.25) is 5.82 Å². The molecule has 2 heterocycles. The second-order valence-electron chi connectivity index (χ2n) is 11.9. The topological polar surface area (TPSA) is 74.3 Å². The summed E-state index contributed by atoms with van der Waals surface area (Å²) < 4.78 is 82.4. The third-order valence-corrected chi connectivity index (χ3v) is 8.64. The van der Waals surface area contributed by atoms with E-state index in [1.165, 1.54) is 17.7 Å². The molecule has 0 bridgehead atoms. The maximum atomic E-state index is 14.3. The molecule has 3 unspecified atom stereocenters. The van der Waals surface area contributed by atoms with Gasteiger partial charge < -0.3 is 19.9 Å². The van der Waals surface area contributed by atoms with Crippen molar-refractivity contribution in [2.45, 2.75) is 38.1 Å². The summed E-state index contributed by atoms with van der Waals surface area (Å²) in [4.78, 5) is 17.5. The molecule has 4 aromatic rings. The fourth-order valence-corrected chi connectivity index (χ4v) is 6.05. The Balaban J connectivity index is 1.18. The number of carbonyl (C=O) groups is 1. The van der Waals surface area contributed by atoms with E-state index in [0.29, 0.717) is 18.5 Å². The lowest BCUT2D eigenvalue weighted by Gasteiger charge is -2.41. The van der Waals surface area contributed by atoms with Gasteiger partial charge in [-0.05, 0) is 28.8 Å². The van der Waals surface area contributed by atoms with Crippen LogP contribution < -0.4 is 5.32 Å². The summed E-state index contributed by atoms with van der Waals surface area (Å²) in [5.41, 5.74) is 1.83. The van der Waals surface area contributed by atoms with Crippen molar-refractivity contribution in [2.24, 2.45) is 0 Å². The molecule has 4 aromatic carbocycles. The second-order valence-corrected chi connectivity index (χ2v) is 11.9. The normalized spacial score (nSPS) is 20.5. The summed E-state index contributed by atoms with van der Waals surface area (Å²) in [6.07, 6.45) is -0.988. The molecule has 0 aromatic heterocycles. The summed E-state index contributed by atoms with van der Waals surface area (Å²) in [5.74, 6) is -12.7. The predicted octanol–water partition coefficient (Wildman–Crippen LogP) is 6.49. The Kier molecular flexibility index (Phi) is 10.5. The number of aliphatic hydroxyl groups is 1. The first kappa shape index (κ1) is 33.7. The van der Waals surface area contributed by atoms with E-state index in [9.17, 15) is 31.9 Å². The van der Waals surface area contributed by atoms with E-state index < -0.39 is 46.8 Å². The lowest BCUT2D eigenvalue weighted by atomic mass is 9.99. The summed E-state index contributed by atoms with van der Waals surface area (Å²) >= 11 is 0. The highest BCUT2D eigenvalue weighted by molar-refractivity contribution is 6.04. The first-order valence-corrected chi connectivity index (χ1v) is 15.6. The number of amides is 1. The van der Waals surface area contributed by atoms with Crippen molar-refractivity contribution in [2.75, 3.05) is 38.0 Å². The minimum absolute atomic E-state index is 0.0363. The van der Waals surface area contributed by atoms with Gasteiger partial charge in [-0.1, -0.05) is 66.7 Å². The molecule has 2 aliphatic rings. The number of anilines is 1. The number of ether oxygens (including phenoxy) is 2. The van der Waals surface area contributed by atoms with Crippen molar-refractivity contribution in [3.05, 3.63) is 136 Å². The molecule has 1 amide bonds. The van der Waals surface area contributed by atoms with E-state index in [-0.39, 0.29) is 24.5 Å². The van der Waals surface area contributed by atoms with Crippen LogP contribution in [0.25, 0.3) is 0 Å². The van der Waals surface area contributed by atoms with Crippen LogP contribution in [0.1, 0.15) is 51.4 Å². The van der Waals surface area contributed by atoms with Crippen molar-refractivity contribution in [3.8, 4) is 0 Å². The van der Waals surface area contributed by atoms with E-state index in [1.807, 2.05) is 42.5 Å². The van der Waals surface area contributed by atoms with Crippen LogP contribution in [0, 0.1) is 29.1 Å². The van der Waals surface area contributed by atoms with Crippen LogP contribution in [-0.2, 0) is 22.6 Å². The Bertz CT molecular complexity index is 1710. The number of carbonyl (C=O) groups excluding carboxylic acids is 1. The van der Waals surface area contributed by atoms with Crippen LogP contribution >= 0.6 is 0 Å². The Morgan fingerprint density at radius 2 is 1.38 bits per heavy atom. The first-order chi connectivity index (χ1) is 23.2. The summed E-state index contributed by atoms with van der Waals surface area (Å²) in [6, 6.07) is 23.8. The van der Waals surface area contributed by atoms with Gasteiger partial charge in [-0.2, -0.15) is 0 Å². The van der Waals surface area contributed by atoms with Crippen LogP contribution in [0.2, 0.25) is 0 Å². The van der Waals surface area contributed by atoms with Gasteiger partial charge in [0.15, 0.2) is 29.6 Å². The molecule has 0 radical (unpaired) electrons. The summed E-state index contributed by atoms with van der Waals surface area (Å²) in [6.45, 7) is 4.94. The van der Waals surface area contributed by atoms with Gasteiger partial charge in [0.25, 0.3) is 5.91 Å². The van der Waals surface area contributed by atoms with Gasteiger partial charge >= 0.3 is 0 Å². The fraction of sp³-hybridized carbons (Fsp3) is 0.306. The highest BCUT2D eigenvalue weighted by Gasteiger charge is 2.34. The maximum Gasteiger partial charge on any atom is 0.261 e. The van der Waals surface area contributed by atoms with Gasteiger partial charge in [-0.25, -0.2) is 22.0 Å². The molecule has 0 aliphatic carbocycles. The van der Waals surface area contributed by atoms with Crippen LogP contribution in [0.5, 0.6) is 0 Å². The van der Waals surface area contributed by atoms with Crippen molar-refractivity contribution in [1.82, 2.24) is 9.80 Å². The van der Waals surface area contributed by atoms with Crippen LogP contribution in [-0.4, -0.2) is 59.6 Å². The zero-order valence-corrected chi connectivity index (χ0v) is 25.9. The number of rotatable bonds is 9. The number of piperazine rings is 1.